The summed E-state index contributed by atoms with van der Waals surface area (Å²) in [6.45, 7) is 0. The topological polar surface area (TPSA) is 86.2 Å². The van der Waals surface area contributed by atoms with E-state index in [1.54, 1.807) is 12.1 Å². The molecule has 6 aromatic rings. The van der Waals surface area contributed by atoms with Gasteiger partial charge in [-0.2, -0.15) is 9.97 Å². The van der Waals surface area contributed by atoms with E-state index in [-0.39, 0.29) is 0 Å². The maximum Gasteiger partial charge on any atom is 0.326 e. The minimum absolute atomic E-state index is 0.392. The second-order valence-electron chi connectivity index (χ2n) is 6.73. The zero-order valence-electron chi connectivity index (χ0n) is 14.9. The standard InChI is InChI=1S/C22H12N2O4S/c25-29(26,21-23-19-15-7-3-1-5-13(15)9-11-17(19)27-21)22-24-20-16-8-4-2-6-14(16)10-12-18(20)28-22/h1-12H. The zero-order chi connectivity index (χ0) is 19.6. The number of hydrogen-bond donors (Lipinski definition) is 0. The van der Waals surface area contributed by atoms with Crippen molar-refractivity contribution in [3.8, 4) is 0 Å². The second kappa shape index (κ2) is 5.65. The Kier molecular flexibility index (Phi) is 3.17. The van der Waals surface area contributed by atoms with Gasteiger partial charge >= 0.3 is 20.3 Å². The molecule has 0 spiro atoms. The van der Waals surface area contributed by atoms with Crippen molar-refractivity contribution in [1.29, 1.82) is 0 Å². The summed E-state index contributed by atoms with van der Waals surface area (Å²) in [5, 5.41) is 2.67. The van der Waals surface area contributed by atoms with Crippen LogP contribution in [-0.2, 0) is 9.84 Å². The predicted molar refractivity (Wildman–Crippen MR) is 108 cm³/mol. The van der Waals surface area contributed by atoms with Gasteiger partial charge in [-0.3, -0.25) is 0 Å². The molecule has 0 amide bonds. The highest BCUT2D eigenvalue weighted by Crippen LogP contribution is 2.32. The maximum absolute atomic E-state index is 13.1. The molecular weight excluding hydrogens is 388 g/mol. The minimum Gasteiger partial charge on any atom is -0.428 e. The van der Waals surface area contributed by atoms with Gasteiger partial charge < -0.3 is 8.83 Å². The Labute approximate surface area is 164 Å². The van der Waals surface area contributed by atoms with E-state index >= 15 is 0 Å². The average Bonchev–Trinajstić information content (AvgIpc) is 3.39. The van der Waals surface area contributed by atoms with E-state index in [9.17, 15) is 8.42 Å². The minimum atomic E-state index is -4.16. The Bertz CT molecular complexity index is 1560. The molecule has 0 aliphatic rings. The van der Waals surface area contributed by atoms with Crippen LogP contribution in [0.4, 0.5) is 0 Å². The Balaban J connectivity index is 1.58. The highest BCUT2D eigenvalue weighted by Gasteiger charge is 2.31. The molecule has 0 saturated carbocycles. The van der Waals surface area contributed by atoms with Gasteiger partial charge in [-0.15, -0.1) is 0 Å². The molecule has 0 unspecified atom stereocenters. The lowest BCUT2D eigenvalue weighted by atomic mass is 10.1. The van der Waals surface area contributed by atoms with Crippen LogP contribution in [0.1, 0.15) is 0 Å². The molecule has 0 bridgehead atoms. The van der Waals surface area contributed by atoms with Crippen molar-refractivity contribution in [2.24, 2.45) is 0 Å². The molecule has 2 heterocycles. The van der Waals surface area contributed by atoms with Crippen molar-refractivity contribution in [3.63, 3.8) is 0 Å². The van der Waals surface area contributed by atoms with Gasteiger partial charge in [0.05, 0.1) is 0 Å². The van der Waals surface area contributed by atoms with Crippen molar-refractivity contribution >= 4 is 53.6 Å². The van der Waals surface area contributed by atoms with Crippen LogP contribution >= 0.6 is 0 Å². The van der Waals surface area contributed by atoms with Gasteiger partial charge in [-0.05, 0) is 22.9 Å². The molecule has 0 fully saturated rings. The van der Waals surface area contributed by atoms with E-state index < -0.39 is 20.3 Å². The highest BCUT2D eigenvalue weighted by molar-refractivity contribution is 7.91. The lowest BCUT2D eigenvalue weighted by Gasteiger charge is -1.95. The number of hydrogen-bond acceptors (Lipinski definition) is 6. The summed E-state index contributed by atoms with van der Waals surface area (Å²) >= 11 is 0. The number of sulfone groups is 1. The van der Waals surface area contributed by atoms with Crippen molar-refractivity contribution in [2.45, 2.75) is 10.4 Å². The largest absolute Gasteiger partial charge is 0.428 e. The first-order valence-corrected chi connectivity index (χ1v) is 10.4. The SMILES string of the molecule is O=S(=O)(c1nc2c(ccc3ccccc32)o1)c1nc2c(ccc3ccccc32)o1. The first-order valence-electron chi connectivity index (χ1n) is 8.93. The molecule has 0 atom stereocenters. The zero-order valence-corrected chi connectivity index (χ0v) is 15.7. The van der Waals surface area contributed by atoms with Gasteiger partial charge in [0.1, 0.15) is 11.0 Å². The quantitative estimate of drug-likeness (QED) is 0.401. The first kappa shape index (κ1) is 16.3. The number of fused-ring (bicyclic) bond motifs is 6. The van der Waals surface area contributed by atoms with Crippen LogP contribution in [0.15, 0.2) is 92.1 Å². The van der Waals surface area contributed by atoms with E-state index in [1.807, 2.05) is 60.7 Å². The molecule has 4 aromatic carbocycles. The lowest BCUT2D eigenvalue weighted by molar-refractivity contribution is 0.421. The molecular formula is C22H12N2O4S. The molecule has 29 heavy (non-hydrogen) atoms. The lowest BCUT2D eigenvalue weighted by Crippen LogP contribution is -2.02. The summed E-state index contributed by atoms with van der Waals surface area (Å²) in [6, 6.07) is 22.3. The third-order valence-corrected chi connectivity index (χ3v) is 6.26. The second-order valence-corrected chi connectivity index (χ2v) is 8.44. The van der Waals surface area contributed by atoms with Crippen LogP contribution in [0.25, 0.3) is 43.7 Å². The van der Waals surface area contributed by atoms with Crippen LogP contribution in [0, 0.1) is 0 Å². The Morgan fingerprint density at radius 1 is 0.586 bits per heavy atom. The van der Waals surface area contributed by atoms with E-state index in [2.05, 4.69) is 9.97 Å². The normalized spacial score (nSPS) is 12.4. The molecule has 6 nitrogen and oxygen atoms in total. The van der Waals surface area contributed by atoms with Gasteiger partial charge in [-0.1, -0.05) is 60.7 Å². The highest BCUT2D eigenvalue weighted by atomic mass is 32.2. The summed E-state index contributed by atoms with van der Waals surface area (Å²) in [7, 11) is -4.16. The average molecular weight is 400 g/mol. The van der Waals surface area contributed by atoms with Gasteiger partial charge in [-0.25, -0.2) is 8.42 Å². The molecule has 0 aliphatic carbocycles. The summed E-state index contributed by atoms with van der Waals surface area (Å²) in [6.07, 6.45) is 0. The van der Waals surface area contributed by atoms with Gasteiger partial charge in [0.15, 0.2) is 11.2 Å². The third kappa shape index (κ3) is 2.31. The molecule has 140 valence electrons. The first-order chi connectivity index (χ1) is 14.1. The Hall–Kier alpha value is -3.71. The number of oxazole rings is 2. The van der Waals surface area contributed by atoms with Crippen LogP contribution < -0.4 is 0 Å². The van der Waals surface area contributed by atoms with Gasteiger partial charge in [0, 0.05) is 10.8 Å². The van der Waals surface area contributed by atoms with Crippen LogP contribution in [0.5, 0.6) is 0 Å². The van der Waals surface area contributed by atoms with Gasteiger partial charge in [0.2, 0.25) is 0 Å². The Morgan fingerprint density at radius 2 is 1.03 bits per heavy atom. The maximum atomic E-state index is 13.1. The van der Waals surface area contributed by atoms with Gasteiger partial charge in [0.25, 0.3) is 0 Å². The molecule has 0 N–H and O–H groups in total. The summed E-state index contributed by atoms with van der Waals surface area (Å²) in [4.78, 5) is 8.53. The molecule has 2 aromatic heterocycles. The van der Waals surface area contributed by atoms with Crippen molar-refractivity contribution in [2.75, 3.05) is 0 Å². The number of rotatable bonds is 2. The summed E-state index contributed by atoms with van der Waals surface area (Å²) < 4.78 is 37.4. The number of aromatic nitrogens is 2. The summed E-state index contributed by atoms with van der Waals surface area (Å²) in [5.74, 6) is 0. The molecule has 0 aliphatic heterocycles. The number of benzene rings is 4. The molecule has 0 radical (unpaired) electrons. The number of nitrogens with zero attached hydrogens (tertiary/aromatic N) is 2. The van der Waals surface area contributed by atoms with Crippen molar-refractivity contribution < 1.29 is 17.3 Å². The fraction of sp³-hybridized carbons (Fsp3) is 0. The molecule has 0 saturated heterocycles. The van der Waals surface area contributed by atoms with Crippen molar-refractivity contribution in [3.05, 3.63) is 72.8 Å². The van der Waals surface area contributed by atoms with E-state index in [1.165, 1.54) is 0 Å². The fourth-order valence-electron chi connectivity index (χ4n) is 3.59. The monoisotopic (exact) mass is 400 g/mol. The summed E-state index contributed by atoms with van der Waals surface area (Å²) in [5.41, 5.74) is 1.76. The van der Waals surface area contributed by atoms with E-state index in [0.29, 0.717) is 22.2 Å². The van der Waals surface area contributed by atoms with E-state index in [0.717, 1.165) is 21.5 Å². The molecule has 7 heteroatoms. The smallest absolute Gasteiger partial charge is 0.326 e. The van der Waals surface area contributed by atoms with Crippen LogP contribution in [0.2, 0.25) is 0 Å². The molecule has 6 rings (SSSR count). The Morgan fingerprint density at radius 3 is 1.52 bits per heavy atom. The fourth-order valence-corrected chi connectivity index (χ4v) is 4.56. The van der Waals surface area contributed by atoms with Crippen LogP contribution in [0.3, 0.4) is 0 Å². The predicted octanol–water partition coefficient (Wildman–Crippen LogP) is 5.11. The third-order valence-electron chi connectivity index (χ3n) is 4.99. The van der Waals surface area contributed by atoms with E-state index in [4.69, 9.17) is 8.83 Å². The van der Waals surface area contributed by atoms with Crippen molar-refractivity contribution in [1.82, 2.24) is 9.97 Å². The van der Waals surface area contributed by atoms with Crippen LogP contribution in [-0.4, -0.2) is 18.4 Å².